The van der Waals surface area contributed by atoms with Crippen molar-refractivity contribution in [2.75, 3.05) is 43.0 Å². The van der Waals surface area contributed by atoms with Crippen LogP contribution < -0.4 is 15.8 Å². The lowest BCUT2D eigenvalue weighted by Gasteiger charge is -2.36. The van der Waals surface area contributed by atoms with E-state index in [0.29, 0.717) is 24.7 Å². The fraction of sp³-hybridized carbons (Fsp3) is 0.400. The molecule has 8 rings (SSSR count). The number of carbonyl (C=O) groups is 2. The number of hydrogen-bond acceptors (Lipinski definition) is 11. The third kappa shape index (κ3) is 6.24. The number of nitrogens with one attached hydrogen (secondary N) is 1. The van der Waals surface area contributed by atoms with Gasteiger partial charge in [0, 0.05) is 36.5 Å². The van der Waals surface area contributed by atoms with Gasteiger partial charge in [-0.2, -0.15) is 22.7 Å². The van der Waals surface area contributed by atoms with Crippen LogP contribution in [0.4, 0.5) is 24.5 Å². The highest BCUT2D eigenvalue weighted by molar-refractivity contribution is 7.15. The largest absolute Gasteiger partial charge is 0.504 e. The molecular formula is C35H33ClF3N9O5S. The van der Waals surface area contributed by atoms with Crippen molar-refractivity contribution in [3.05, 3.63) is 79.1 Å². The number of ether oxygens (including phenoxy) is 1. The van der Waals surface area contributed by atoms with Crippen molar-refractivity contribution >= 4 is 51.9 Å². The maximum Gasteiger partial charge on any atom is 0.416 e. The van der Waals surface area contributed by atoms with Crippen LogP contribution in [0.2, 0.25) is 5.02 Å². The summed E-state index contributed by atoms with van der Waals surface area (Å²) in [6, 6.07) is 4.72. The Morgan fingerprint density at radius 1 is 1.13 bits per heavy atom. The molecule has 1 saturated carbocycles. The zero-order valence-corrected chi connectivity index (χ0v) is 30.6. The first-order valence-electron chi connectivity index (χ1n) is 17.2. The van der Waals surface area contributed by atoms with Gasteiger partial charge in [0.2, 0.25) is 11.7 Å². The average Bonchev–Trinajstić information content (AvgIpc) is 3.53. The van der Waals surface area contributed by atoms with Crippen molar-refractivity contribution in [1.29, 1.82) is 0 Å². The van der Waals surface area contributed by atoms with E-state index < -0.39 is 29.1 Å². The average molecular weight is 784 g/mol. The summed E-state index contributed by atoms with van der Waals surface area (Å²) in [6.07, 6.45) is -1.06. The van der Waals surface area contributed by atoms with Crippen LogP contribution in [-0.2, 0) is 40.7 Å². The number of carbonyl (C=O) groups excluding carboxylic acids is 2. The second-order valence-corrected chi connectivity index (χ2v) is 15.1. The molecule has 2 fully saturated rings. The first kappa shape index (κ1) is 35.9. The Morgan fingerprint density at radius 3 is 2.57 bits per heavy atom. The Morgan fingerprint density at radius 2 is 1.89 bits per heavy atom. The molecule has 1 aromatic carbocycles. The Labute approximate surface area is 314 Å². The molecule has 2 aliphatic heterocycles. The Kier molecular flexibility index (Phi) is 8.88. The van der Waals surface area contributed by atoms with Crippen molar-refractivity contribution in [3.8, 4) is 16.5 Å². The topological polar surface area (TPSA) is 160 Å². The van der Waals surface area contributed by atoms with Crippen LogP contribution in [0, 0.1) is 6.92 Å². The van der Waals surface area contributed by atoms with Gasteiger partial charge in [0.05, 0.1) is 45.8 Å². The summed E-state index contributed by atoms with van der Waals surface area (Å²) in [5.41, 5.74) is 0.676. The molecule has 19 heteroatoms. The molecule has 14 nitrogen and oxygen atoms in total. The van der Waals surface area contributed by atoms with Crippen LogP contribution in [0.3, 0.4) is 0 Å². The molecule has 282 valence electrons. The van der Waals surface area contributed by atoms with Crippen molar-refractivity contribution in [2.24, 2.45) is 0 Å². The number of rotatable bonds is 7. The van der Waals surface area contributed by atoms with Crippen LogP contribution in [0.15, 0.2) is 35.4 Å². The van der Waals surface area contributed by atoms with E-state index in [-0.39, 0.29) is 83.9 Å². The van der Waals surface area contributed by atoms with Crippen molar-refractivity contribution in [2.45, 2.75) is 57.9 Å². The van der Waals surface area contributed by atoms with Gasteiger partial charge in [-0.05, 0) is 56.0 Å². The predicted octanol–water partition coefficient (Wildman–Crippen LogP) is 4.82. The van der Waals surface area contributed by atoms with Crippen molar-refractivity contribution < 1.29 is 32.6 Å². The molecule has 1 aliphatic carbocycles. The van der Waals surface area contributed by atoms with Gasteiger partial charge in [-0.25, -0.2) is 9.97 Å². The van der Waals surface area contributed by atoms with Crippen molar-refractivity contribution in [1.82, 2.24) is 34.0 Å². The Balaban J connectivity index is 1.16. The standard InChI is InChI=1S/C35H33ClF3N9O5S/c1-3-23-28(45-8-10-46(11-9-45)31(51)27-29(50)18(2)40-17-41-27)32(52)48-33(43-30(44-48)24-13-20-25(54-24)15-53-16-34(20)6-7-34)47(23)14-26(49)42-22-5-4-19(12-21(22)36)35(37,38)39/h4-5,12-13,17,50H,3,6-11,14-16H2,1-2H3,(H,42,49). The van der Waals surface area contributed by atoms with Gasteiger partial charge in [-0.1, -0.05) is 18.5 Å². The zero-order valence-electron chi connectivity index (χ0n) is 29.0. The molecular weight excluding hydrogens is 751 g/mol. The van der Waals surface area contributed by atoms with E-state index in [1.165, 1.54) is 32.6 Å². The number of anilines is 2. The van der Waals surface area contributed by atoms with Gasteiger partial charge in [0.1, 0.15) is 18.6 Å². The molecule has 0 radical (unpaired) electrons. The number of piperazine rings is 1. The van der Waals surface area contributed by atoms with Crippen molar-refractivity contribution in [3.63, 3.8) is 0 Å². The van der Waals surface area contributed by atoms with E-state index in [9.17, 15) is 32.7 Å². The van der Waals surface area contributed by atoms with Crippen LogP contribution in [-0.4, -0.2) is 83.7 Å². The first-order valence-corrected chi connectivity index (χ1v) is 18.4. The van der Waals surface area contributed by atoms with Gasteiger partial charge in [0.25, 0.3) is 11.5 Å². The van der Waals surface area contributed by atoms with E-state index in [1.54, 1.807) is 11.5 Å². The normalized spacial score (nSPS) is 16.6. The molecule has 0 bridgehead atoms. The Hall–Kier alpha value is -5.07. The van der Waals surface area contributed by atoms with Gasteiger partial charge < -0.3 is 29.5 Å². The number of benzene rings is 1. The maximum absolute atomic E-state index is 14.4. The number of aromatic hydroxyl groups is 1. The van der Waals surface area contributed by atoms with E-state index in [0.717, 1.165) is 40.8 Å². The summed E-state index contributed by atoms with van der Waals surface area (Å²) in [6.45, 7) is 5.01. The lowest BCUT2D eigenvalue weighted by molar-refractivity contribution is -0.137. The predicted molar refractivity (Wildman–Crippen MR) is 192 cm³/mol. The fourth-order valence-electron chi connectivity index (χ4n) is 7.14. The molecule has 1 spiro atoms. The third-order valence-corrected chi connectivity index (χ3v) is 11.6. The van der Waals surface area contributed by atoms with E-state index in [4.69, 9.17) is 21.3 Å². The quantitative estimate of drug-likeness (QED) is 0.234. The highest BCUT2D eigenvalue weighted by Gasteiger charge is 2.49. The SMILES string of the molecule is CCc1c(N2CCN(C(=O)c3ncnc(C)c3O)CC2)c(=O)n2nc(-c3cc4c(s3)COCC43CC3)nc2n1CC(=O)Nc1ccc(C(F)(F)F)cc1Cl. The number of alkyl halides is 3. The molecule has 54 heavy (non-hydrogen) atoms. The number of hydrogen-bond donors (Lipinski definition) is 2. The van der Waals surface area contributed by atoms with Crippen LogP contribution >= 0.6 is 22.9 Å². The zero-order chi connectivity index (χ0) is 38.1. The summed E-state index contributed by atoms with van der Waals surface area (Å²) >= 11 is 7.66. The van der Waals surface area contributed by atoms with Gasteiger partial charge >= 0.3 is 6.18 Å². The van der Waals surface area contributed by atoms with Crippen LogP contribution in [0.1, 0.15) is 57.6 Å². The number of nitrogens with zero attached hydrogens (tertiary/aromatic N) is 8. The molecule has 3 aliphatic rings. The number of thiophene rings is 1. The second kappa shape index (κ2) is 13.3. The van der Waals surface area contributed by atoms with Gasteiger partial charge in [-0.3, -0.25) is 14.4 Å². The molecule has 0 atom stereocenters. The Bertz CT molecular complexity index is 2400. The van der Waals surface area contributed by atoms with Gasteiger partial charge in [-0.15, -0.1) is 16.4 Å². The number of aromatic nitrogens is 6. The molecule has 4 aromatic heterocycles. The minimum Gasteiger partial charge on any atom is -0.504 e. The first-order chi connectivity index (χ1) is 25.8. The minimum atomic E-state index is -4.62. The highest BCUT2D eigenvalue weighted by Crippen LogP contribution is 2.54. The number of amides is 2. The molecule has 2 N–H and O–H groups in total. The fourth-order valence-corrected chi connectivity index (χ4v) is 8.52. The number of aryl methyl sites for hydroxylation is 1. The second-order valence-electron chi connectivity index (χ2n) is 13.6. The van der Waals surface area contributed by atoms with E-state index >= 15 is 0 Å². The molecule has 5 aromatic rings. The minimum absolute atomic E-state index is 0.000124. The molecule has 6 heterocycles. The van der Waals surface area contributed by atoms with E-state index in [1.807, 2.05) is 11.8 Å². The summed E-state index contributed by atoms with van der Waals surface area (Å²) in [5.74, 6) is -0.982. The van der Waals surface area contributed by atoms with Gasteiger partial charge in [0.15, 0.2) is 17.3 Å². The molecule has 0 unspecified atom stereocenters. The third-order valence-electron chi connectivity index (χ3n) is 10.2. The number of halogens is 4. The molecule has 2 amide bonds. The highest BCUT2D eigenvalue weighted by atomic mass is 35.5. The summed E-state index contributed by atoms with van der Waals surface area (Å²) in [7, 11) is 0. The van der Waals surface area contributed by atoms with Crippen LogP contribution in [0.25, 0.3) is 16.5 Å². The lowest BCUT2D eigenvalue weighted by atomic mass is 9.95. The summed E-state index contributed by atoms with van der Waals surface area (Å²) in [5, 5.41) is 17.4. The molecule has 1 saturated heterocycles. The summed E-state index contributed by atoms with van der Waals surface area (Å²) in [4.78, 5) is 59.3. The monoisotopic (exact) mass is 783 g/mol. The van der Waals surface area contributed by atoms with E-state index in [2.05, 4.69) is 26.4 Å². The number of fused-ring (bicyclic) bond motifs is 3. The lowest BCUT2D eigenvalue weighted by Crippen LogP contribution is -2.51. The summed E-state index contributed by atoms with van der Waals surface area (Å²) < 4.78 is 48.4. The van der Waals surface area contributed by atoms with Crippen LogP contribution in [0.5, 0.6) is 5.75 Å². The smallest absolute Gasteiger partial charge is 0.416 e. The maximum atomic E-state index is 14.4.